The van der Waals surface area contributed by atoms with Gasteiger partial charge >= 0.3 is 5.97 Å². The number of aryl methyl sites for hydroxylation is 2. The summed E-state index contributed by atoms with van der Waals surface area (Å²) in [6, 6.07) is 3.32. The number of carbonyl (C=O) groups excluding carboxylic acids is 1. The van der Waals surface area contributed by atoms with Gasteiger partial charge in [-0.25, -0.2) is 4.79 Å². The van der Waals surface area contributed by atoms with Crippen LogP contribution in [0.3, 0.4) is 0 Å². The number of aromatic carboxylic acids is 1. The van der Waals surface area contributed by atoms with Crippen LogP contribution < -0.4 is 5.32 Å². The van der Waals surface area contributed by atoms with Crippen molar-refractivity contribution < 1.29 is 14.7 Å². The number of hydrogen-bond donors (Lipinski definition) is 2. The normalized spacial score (nSPS) is 11.6. The van der Waals surface area contributed by atoms with Crippen molar-refractivity contribution >= 4 is 17.6 Å². The Kier molecular flexibility index (Phi) is 5.15. The highest BCUT2D eigenvalue weighted by Gasteiger charge is 2.29. The second kappa shape index (κ2) is 6.29. The molecule has 0 aliphatic heterocycles. The molecule has 116 valence electrons. The van der Waals surface area contributed by atoms with Crippen molar-refractivity contribution in [3.05, 3.63) is 28.8 Å². The number of amides is 1. The van der Waals surface area contributed by atoms with Crippen LogP contribution in [0.2, 0.25) is 0 Å². The summed E-state index contributed by atoms with van der Waals surface area (Å²) < 4.78 is 0. The van der Waals surface area contributed by atoms with Crippen LogP contribution >= 0.6 is 0 Å². The Morgan fingerprint density at radius 2 is 1.76 bits per heavy atom. The van der Waals surface area contributed by atoms with E-state index in [1.165, 1.54) is 6.07 Å². The Labute approximate surface area is 126 Å². The standard InChI is InChI=1S/C17H25NO3/c1-10(2)9-17(5,6)16(21)18-14-8-13(15(19)20)11(3)7-12(14)4/h7-8,10H,9H2,1-6H3,(H,18,21)(H,19,20). The third-order valence-corrected chi connectivity index (χ3v) is 3.58. The fraction of sp³-hybridized carbons (Fsp3) is 0.529. The first-order valence-electron chi connectivity index (χ1n) is 7.20. The SMILES string of the molecule is Cc1cc(C)c(C(=O)O)cc1NC(=O)C(C)(C)CC(C)C. The monoisotopic (exact) mass is 291 g/mol. The zero-order valence-electron chi connectivity index (χ0n) is 13.7. The van der Waals surface area contributed by atoms with Gasteiger partial charge in [0.25, 0.3) is 0 Å². The summed E-state index contributed by atoms with van der Waals surface area (Å²) in [6.07, 6.45) is 0.773. The highest BCUT2D eigenvalue weighted by atomic mass is 16.4. The Hall–Kier alpha value is -1.84. The number of carbonyl (C=O) groups is 2. The van der Waals surface area contributed by atoms with E-state index in [-0.39, 0.29) is 11.5 Å². The molecule has 4 nitrogen and oxygen atoms in total. The van der Waals surface area contributed by atoms with Crippen LogP contribution in [0.5, 0.6) is 0 Å². The predicted octanol–water partition coefficient (Wildman–Crippen LogP) is 4.01. The topological polar surface area (TPSA) is 66.4 Å². The van der Waals surface area contributed by atoms with Crippen molar-refractivity contribution in [2.75, 3.05) is 5.32 Å². The fourth-order valence-electron chi connectivity index (χ4n) is 2.62. The highest BCUT2D eigenvalue weighted by molar-refractivity contribution is 5.97. The second-order valence-corrected chi connectivity index (χ2v) is 6.72. The minimum absolute atomic E-state index is 0.0838. The van der Waals surface area contributed by atoms with Gasteiger partial charge in [0, 0.05) is 11.1 Å². The van der Waals surface area contributed by atoms with Gasteiger partial charge in [0.05, 0.1) is 5.56 Å². The Morgan fingerprint density at radius 1 is 1.19 bits per heavy atom. The molecule has 1 aromatic rings. The molecular formula is C17H25NO3. The zero-order valence-corrected chi connectivity index (χ0v) is 13.7. The summed E-state index contributed by atoms with van der Waals surface area (Å²) in [5.41, 5.74) is 1.86. The Balaban J connectivity index is 3.05. The van der Waals surface area contributed by atoms with Crippen LogP contribution in [0.4, 0.5) is 5.69 Å². The average Bonchev–Trinajstić information content (AvgIpc) is 2.30. The lowest BCUT2D eigenvalue weighted by atomic mass is 9.83. The molecule has 1 aromatic carbocycles. The summed E-state index contributed by atoms with van der Waals surface area (Å²) >= 11 is 0. The maximum atomic E-state index is 12.4. The number of nitrogens with one attached hydrogen (secondary N) is 1. The molecule has 0 heterocycles. The van der Waals surface area contributed by atoms with Gasteiger partial charge in [-0.3, -0.25) is 4.79 Å². The van der Waals surface area contributed by atoms with Crippen LogP contribution in [0.1, 0.15) is 55.6 Å². The molecule has 1 rings (SSSR count). The molecule has 21 heavy (non-hydrogen) atoms. The molecule has 0 aliphatic carbocycles. The Bertz CT molecular complexity index is 559. The largest absolute Gasteiger partial charge is 0.478 e. The summed E-state index contributed by atoms with van der Waals surface area (Å²) in [4.78, 5) is 23.6. The molecule has 0 bridgehead atoms. The van der Waals surface area contributed by atoms with Gasteiger partial charge in [0.1, 0.15) is 0 Å². The van der Waals surface area contributed by atoms with E-state index < -0.39 is 11.4 Å². The lowest BCUT2D eigenvalue weighted by molar-refractivity contribution is -0.124. The van der Waals surface area contributed by atoms with E-state index in [9.17, 15) is 14.7 Å². The molecule has 0 saturated heterocycles. The van der Waals surface area contributed by atoms with E-state index in [0.29, 0.717) is 17.2 Å². The fourth-order valence-corrected chi connectivity index (χ4v) is 2.62. The summed E-state index contributed by atoms with van der Waals surface area (Å²) in [6.45, 7) is 11.6. The molecule has 0 aliphatic rings. The summed E-state index contributed by atoms with van der Waals surface area (Å²) in [7, 11) is 0. The van der Waals surface area contributed by atoms with E-state index >= 15 is 0 Å². The molecule has 0 fully saturated rings. The van der Waals surface area contributed by atoms with Crippen LogP contribution in [0, 0.1) is 25.2 Å². The van der Waals surface area contributed by atoms with Gasteiger partial charge in [-0.1, -0.05) is 33.8 Å². The average molecular weight is 291 g/mol. The molecule has 0 atom stereocenters. The van der Waals surface area contributed by atoms with Gasteiger partial charge in [-0.2, -0.15) is 0 Å². The minimum Gasteiger partial charge on any atom is -0.478 e. The van der Waals surface area contributed by atoms with E-state index in [0.717, 1.165) is 12.0 Å². The smallest absolute Gasteiger partial charge is 0.336 e. The first-order chi connectivity index (χ1) is 9.54. The van der Waals surface area contributed by atoms with E-state index in [2.05, 4.69) is 19.2 Å². The van der Waals surface area contributed by atoms with Crippen molar-refractivity contribution in [2.45, 2.75) is 48.0 Å². The van der Waals surface area contributed by atoms with E-state index in [1.54, 1.807) is 13.0 Å². The molecule has 2 N–H and O–H groups in total. The lowest BCUT2D eigenvalue weighted by Gasteiger charge is -2.26. The molecular weight excluding hydrogens is 266 g/mol. The molecule has 0 aromatic heterocycles. The third-order valence-electron chi connectivity index (χ3n) is 3.58. The van der Waals surface area contributed by atoms with Crippen molar-refractivity contribution in [3.63, 3.8) is 0 Å². The molecule has 0 unspecified atom stereocenters. The molecule has 0 spiro atoms. The van der Waals surface area contributed by atoms with Crippen molar-refractivity contribution in [2.24, 2.45) is 11.3 Å². The third kappa shape index (κ3) is 4.31. The van der Waals surface area contributed by atoms with Crippen molar-refractivity contribution in [1.82, 2.24) is 0 Å². The summed E-state index contributed by atoms with van der Waals surface area (Å²) in [5, 5.41) is 12.1. The maximum Gasteiger partial charge on any atom is 0.336 e. The molecule has 0 saturated carbocycles. The zero-order chi connectivity index (χ0) is 16.4. The van der Waals surface area contributed by atoms with E-state index in [1.807, 2.05) is 20.8 Å². The van der Waals surface area contributed by atoms with Gasteiger partial charge < -0.3 is 10.4 Å². The van der Waals surface area contributed by atoms with Crippen LogP contribution in [0.25, 0.3) is 0 Å². The number of benzene rings is 1. The van der Waals surface area contributed by atoms with E-state index in [4.69, 9.17) is 0 Å². The summed E-state index contributed by atoms with van der Waals surface area (Å²) in [5.74, 6) is -0.650. The van der Waals surface area contributed by atoms with Gasteiger partial charge in [0.15, 0.2) is 0 Å². The Morgan fingerprint density at radius 3 is 2.24 bits per heavy atom. The van der Waals surface area contributed by atoms with Gasteiger partial charge in [0.2, 0.25) is 5.91 Å². The number of carboxylic acid groups (broad SMARTS) is 1. The molecule has 4 heteroatoms. The number of rotatable bonds is 5. The number of anilines is 1. The first kappa shape index (κ1) is 17.2. The maximum absolute atomic E-state index is 12.4. The first-order valence-corrected chi connectivity index (χ1v) is 7.20. The van der Waals surface area contributed by atoms with Crippen LogP contribution in [-0.4, -0.2) is 17.0 Å². The van der Waals surface area contributed by atoms with Crippen LogP contribution in [-0.2, 0) is 4.79 Å². The predicted molar refractivity (Wildman–Crippen MR) is 84.7 cm³/mol. The second-order valence-electron chi connectivity index (χ2n) is 6.72. The number of carboxylic acids is 1. The highest BCUT2D eigenvalue weighted by Crippen LogP contribution is 2.28. The number of hydrogen-bond acceptors (Lipinski definition) is 2. The van der Waals surface area contributed by atoms with Crippen molar-refractivity contribution in [1.29, 1.82) is 0 Å². The van der Waals surface area contributed by atoms with Crippen LogP contribution in [0.15, 0.2) is 12.1 Å². The minimum atomic E-state index is -0.982. The molecule has 1 amide bonds. The van der Waals surface area contributed by atoms with Crippen molar-refractivity contribution in [3.8, 4) is 0 Å². The lowest BCUT2D eigenvalue weighted by Crippen LogP contribution is -2.32. The van der Waals surface area contributed by atoms with Gasteiger partial charge in [-0.15, -0.1) is 0 Å². The quantitative estimate of drug-likeness (QED) is 0.861. The molecule has 0 radical (unpaired) electrons. The van der Waals surface area contributed by atoms with Gasteiger partial charge in [-0.05, 0) is 43.4 Å².